The molecule has 0 radical (unpaired) electrons. The van der Waals surface area contributed by atoms with Crippen LogP contribution < -0.4 is 35.6 Å². The largest absolute Gasteiger partial charge is 0.493 e. The van der Waals surface area contributed by atoms with Gasteiger partial charge in [0.2, 0.25) is 23.0 Å². The SMILES string of the molecule is COc1cc2c(c(OC)c1OC)-c1ccc(N[C@@H](CC(C)C)C(=O)NCc3ccncc3)c(=O)cc1[C@H](NC(C)=O)CC2. The highest BCUT2D eigenvalue weighted by Gasteiger charge is 2.30. The molecule has 2 aromatic carbocycles. The number of fused-ring (bicyclic) bond motifs is 3. The van der Waals surface area contributed by atoms with E-state index in [0.29, 0.717) is 48.6 Å². The molecule has 0 spiro atoms. The average molecular weight is 589 g/mol. The summed E-state index contributed by atoms with van der Waals surface area (Å²) in [7, 11) is 4.67. The molecule has 0 fully saturated rings. The van der Waals surface area contributed by atoms with Crippen LogP contribution in [0.25, 0.3) is 11.1 Å². The van der Waals surface area contributed by atoms with Gasteiger partial charge in [-0.15, -0.1) is 0 Å². The molecule has 228 valence electrons. The minimum atomic E-state index is -0.644. The van der Waals surface area contributed by atoms with Crippen LogP contribution in [0.4, 0.5) is 5.69 Å². The van der Waals surface area contributed by atoms with E-state index in [4.69, 9.17) is 14.2 Å². The highest BCUT2D eigenvalue weighted by atomic mass is 16.5. The number of anilines is 1. The van der Waals surface area contributed by atoms with Crippen LogP contribution in [0.3, 0.4) is 0 Å². The summed E-state index contributed by atoms with van der Waals surface area (Å²) in [5.41, 5.74) is 3.98. The number of carbonyl (C=O) groups excluding carboxylic acids is 2. The van der Waals surface area contributed by atoms with Gasteiger partial charge in [0.15, 0.2) is 11.5 Å². The lowest BCUT2D eigenvalue weighted by molar-refractivity contribution is -0.122. The van der Waals surface area contributed by atoms with E-state index in [1.54, 1.807) is 45.9 Å². The third-order valence-corrected chi connectivity index (χ3v) is 7.49. The van der Waals surface area contributed by atoms with Crippen LogP contribution in [0, 0.1) is 5.92 Å². The molecule has 1 aliphatic rings. The molecule has 1 heterocycles. The number of hydrogen-bond acceptors (Lipinski definition) is 8. The normalized spacial score (nSPS) is 14.4. The van der Waals surface area contributed by atoms with Crippen LogP contribution in [0.2, 0.25) is 0 Å². The zero-order valence-electron chi connectivity index (χ0n) is 25.6. The fraction of sp³-hybridized carbons (Fsp3) is 0.394. The van der Waals surface area contributed by atoms with Gasteiger partial charge in [0.05, 0.1) is 33.1 Å². The molecule has 0 saturated heterocycles. The maximum atomic E-state index is 13.8. The molecule has 1 aromatic heterocycles. The monoisotopic (exact) mass is 588 g/mol. The van der Waals surface area contributed by atoms with Crippen molar-refractivity contribution in [3.8, 4) is 28.4 Å². The topological polar surface area (TPSA) is 128 Å². The van der Waals surface area contributed by atoms with E-state index in [0.717, 1.165) is 22.3 Å². The van der Waals surface area contributed by atoms with Gasteiger partial charge < -0.3 is 30.2 Å². The number of aromatic nitrogens is 1. The number of nitrogens with one attached hydrogen (secondary N) is 3. The number of benzene rings is 1. The Bertz CT molecular complexity index is 1530. The third kappa shape index (κ3) is 7.25. The van der Waals surface area contributed by atoms with E-state index in [9.17, 15) is 14.4 Å². The molecule has 3 aromatic rings. The molecule has 0 saturated carbocycles. The van der Waals surface area contributed by atoms with Crippen molar-refractivity contribution in [3.63, 3.8) is 0 Å². The molecular formula is C33H40N4O6. The maximum absolute atomic E-state index is 13.8. The average Bonchev–Trinajstić information content (AvgIpc) is 3.23. The Morgan fingerprint density at radius 3 is 2.35 bits per heavy atom. The Morgan fingerprint density at radius 1 is 1.00 bits per heavy atom. The van der Waals surface area contributed by atoms with E-state index in [2.05, 4.69) is 20.9 Å². The Morgan fingerprint density at radius 2 is 1.72 bits per heavy atom. The molecule has 0 bridgehead atoms. The van der Waals surface area contributed by atoms with Gasteiger partial charge in [-0.1, -0.05) is 19.9 Å². The first-order chi connectivity index (χ1) is 20.7. The highest BCUT2D eigenvalue weighted by molar-refractivity contribution is 5.86. The molecule has 3 N–H and O–H groups in total. The number of aryl methyl sites for hydroxylation is 1. The molecule has 4 rings (SSSR count). The summed E-state index contributed by atoms with van der Waals surface area (Å²) < 4.78 is 17.1. The number of ether oxygens (including phenoxy) is 3. The Labute approximate surface area is 252 Å². The second kappa shape index (κ2) is 14.0. The lowest BCUT2D eigenvalue weighted by Crippen LogP contribution is -2.41. The lowest BCUT2D eigenvalue weighted by Gasteiger charge is -2.20. The first-order valence-electron chi connectivity index (χ1n) is 14.4. The molecule has 43 heavy (non-hydrogen) atoms. The van der Waals surface area contributed by atoms with Crippen LogP contribution >= 0.6 is 0 Å². The molecule has 10 nitrogen and oxygen atoms in total. The van der Waals surface area contributed by atoms with Crippen LogP contribution in [0.15, 0.2) is 53.6 Å². The summed E-state index contributed by atoms with van der Waals surface area (Å²) in [5, 5.41) is 9.21. The number of carbonyl (C=O) groups is 2. The van der Waals surface area contributed by atoms with Gasteiger partial charge in [0.1, 0.15) is 6.04 Å². The van der Waals surface area contributed by atoms with Crippen molar-refractivity contribution in [2.24, 2.45) is 5.92 Å². The summed E-state index contributed by atoms with van der Waals surface area (Å²) in [6.45, 7) is 5.86. The molecule has 0 aliphatic heterocycles. The van der Waals surface area contributed by atoms with Gasteiger partial charge in [-0.25, -0.2) is 0 Å². The van der Waals surface area contributed by atoms with Crippen molar-refractivity contribution in [1.82, 2.24) is 15.6 Å². The molecule has 1 aliphatic carbocycles. The molecule has 2 amide bonds. The zero-order chi connectivity index (χ0) is 31.1. The van der Waals surface area contributed by atoms with E-state index in [1.165, 1.54) is 6.92 Å². The summed E-state index contributed by atoms with van der Waals surface area (Å²) in [6, 6.07) is 9.60. The van der Waals surface area contributed by atoms with Crippen LogP contribution in [0.1, 0.15) is 56.3 Å². The van der Waals surface area contributed by atoms with Crippen LogP contribution in [-0.4, -0.2) is 44.2 Å². The predicted octanol–water partition coefficient (Wildman–Crippen LogP) is 4.40. The van der Waals surface area contributed by atoms with Gasteiger partial charge in [0.25, 0.3) is 0 Å². The van der Waals surface area contributed by atoms with Crippen molar-refractivity contribution >= 4 is 17.5 Å². The smallest absolute Gasteiger partial charge is 0.242 e. The standard InChI is InChI=1S/C33H40N4O6/c1-19(2)15-27(33(40)35-18-21-11-13-34-14-12-21)37-26-10-8-23-24(17-28(26)39)25(36-20(3)38)9-7-22-16-29(41-4)31(42-5)32(43-6)30(22)23/h8,10-14,16-17,19,25,27H,7,9,15,18H2,1-6H3,(H,35,40)(H,36,38)(H,37,39)/t25-,27+/m1/s1. The summed E-state index contributed by atoms with van der Waals surface area (Å²) in [5.74, 6) is 1.21. The minimum Gasteiger partial charge on any atom is -0.493 e. The van der Waals surface area contributed by atoms with Crippen molar-refractivity contribution in [3.05, 3.63) is 75.7 Å². The van der Waals surface area contributed by atoms with Gasteiger partial charge in [-0.2, -0.15) is 0 Å². The zero-order valence-corrected chi connectivity index (χ0v) is 25.6. The molecular weight excluding hydrogens is 548 g/mol. The molecule has 0 unspecified atom stereocenters. The maximum Gasteiger partial charge on any atom is 0.242 e. The second-order valence-corrected chi connectivity index (χ2v) is 11.0. The van der Waals surface area contributed by atoms with Gasteiger partial charge in [0, 0.05) is 31.4 Å². The molecule has 10 heteroatoms. The number of rotatable bonds is 11. The fourth-order valence-corrected chi connectivity index (χ4v) is 5.53. The predicted molar refractivity (Wildman–Crippen MR) is 166 cm³/mol. The minimum absolute atomic E-state index is 0.191. The van der Waals surface area contributed by atoms with Crippen molar-refractivity contribution in [1.29, 1.82) is 0 Å². The number of methoxy groups -OCH3 is 3. The van der Waals surface area contributed by atoms with Crippen molar-refractivity contribution in [2.45, 2.75) is 58.7 Å². The number of hydrogen-bond donors (Lipinski definition) is 3. The molecule has 2 atom stereocenters. The number of nitrogens with zero attached hydrogens (tertiary/aromatic N) is 1. The summed E-state index contributed by atoms with van der Waals surface area (Å²) in [6.07, 6.45) is 5.02. The Hall–Kier alpha value is -4.60. The summed E-state index contributed by atoms with van der Waals surface area (Å²) >= 11 is 0. The van der Waals surface area contributed by atoms with Gasteiger partial charge in [-0.05, 0) is 77.8 Å². The number of amides is 2. The Kier molecular flexibility index (Phi) is 10.2. The van der Waals surface area contributed by atoms with Gasteiger partial charge >= 0.3 is 0 Å². The number of pyridine rings is 1. The van der Waals surface area contributed by atoms with E-state index < -0.39 is 12.1 Å². The third-order valence-electron chi connectivity index (χ3n) is 7.49. The van der Waals surface area contributed by atoms with Crippen molar-refractivity contribution in [2.75, 3.05) is 26.6 Å². The fourth-order valence-electron chi connectivity index (χ4n) is 5.53. The quantitative estimate of drug-likeness (QED) is 0.301. The first kappa shape index (κ1) is 31.3. The van der Waals surface area contributed by atoms with Crippen LogP contribution in [0.5, 0.6) is 17.2 Å². The van der Waals surface area contributed by atoms with Crippen LogP contribution in [-0.2, 0) is 22.6 Å². The van der Waals surface area contributed by atoms with Gasteiger partial charge in [-0.3, -0.25) is 19.4 Å². The highest BCUT2D eigenvalue weighted by Crippen LogP contribution is 2.50. The first-order valence-corrected chi connectivity index (χ1v) is 14.4. The van der Waals surface area contributed by atoms with Crippen molar-refractivity contribution < 1.29 is 23.8 Å². The summed E-state index contributed by atoms with van der Waals surface area (Å²) in [4.78, 5) is 43.3. The second-order valence-electron chi connectivity index (χ2n) is 11.0. The van der Waals surface area contributed by atoms with E-state index >= 15 is 0 Å². The van der Waals surface area contributed by atoms with E-state index in [-0.39, 0.29) is 28.8 Å². The Balaban J connectivity index is 1.81. The van der Waals surface area contributed by atoms with E-state index in [1.807, 2.05) is 38.1 Å². The lowest BCUT2D eigenvalue weighted by atomic mass is 9.95.